The molecule has 0 aliphatic rings. The minimum atomic E-state index is -0.939. The summed E-state index contributed by atoms with van der Waals surface area (Å²) >= 11 is 11.6. The van der Waals surface area contributed by atoms with Gasteiger partial charge >= 0.3 is 177 Å². The molecule has 0 bridgehead atoms. The molecular formula is C96H193Cl7Li5N7Ni5O5P5+5. The molecule has 2 aromatic heterocycles. The Morgan fingerprint density at radius 2 is 0.577 bits per heavy atom. The molecule has 1 aromatic carbocycles. The summed E-state index contributed by atoms with van der Waals surface area (Å²) in [5.41, 5.74) is 1.97. The van der Waals surface area contributed by atoms with Crippen LogP contribution in [-0.4, -0.2) is 134 Å². The third-order valence-electron chi connectivity index (χ3n) is 15.5. The van der Waals surface area contributed by atoms with E-state index in [0.717, 1.165) is 18.4 Å². The van der Waals surface area contributed by atoms with Crippen LogP contribution < -0.4 is 156 Å². The van der Waals surface area contributed by atoms with Gasteiger partial charge in [0, 0.05) is 52.0 Å². The Bertz CT molecular complexity index is 2850. The number of aromatic nitrogens is 2. The van der Waals surface area contributed by atoms with Crippen molar-refractivity contribution in [3.63, 3.8) is 0 Å². The Morgan fingerprint density at radius 3 is 0.800 bits per heavy atom. The predicted molar refractivity (Wildman–Crippen MR) is 549 cm³/mol. The van der Waals surface area contributed by atoms with E-state index in [1.54, 1.807) is 30.6 Å². The van der Waals surface area contributed by atoms with Crippen LogP contribution >= 0.6 is 62.8 Å². The van der Waals surface area contributed by atoms with E-state index >= 15 is 0 Å². The average molecular weight is 2260 g/mol. The molecule has 0 saturated heterocycles. The first-order valence-corrected chi connectivity index (χ1v) is 50.5. The van der Waals surface area contributed by atoms with E-state index in [1.165, 1.54) is 32.1 Å². The summed E-state index contributed by atoms with van der Waals surface area (Å²) in [7, 11) is -4.19. The molecule has 5 amide bonds. The fourth-order valence-electron chi connectivity index (χ4n) is 12.2. The number of benzene rings is 1. The molecule has 1 atom stereocenters. The van der Waals surface area contributed by atoms with Gasteiger partial charge in [0.15, 0.2) is 0 Å². The third-order valence-corrected chi connectivity index (χ3v) is 37.2. The van der Waals surface area contributed by atoms with Gasteiger partial charge in [0.25, 0.3) is 0 Å². The first-order chi connectivity index (χ1) is 49.4. The molecule has 0 fully saturated rings. The Hall–Kier alpha value is 4.50. The summed E-state index contributed by atoms with van der Waals surface area (Å²) in [6.45, 7) is 99.1. The van der Waals surface area contributed by atoms with E-state index < -0.39 is 39.6 Å². The molecule has 0 spiro atoms. The first kappa shape index (κ1) is 207. The topological polar surface area (TPSA) is 182 Å². The second-order valence-corrected chi connectivity index (χ2v) is 62.2. The Balaban J connectivity index is -0.0000000378. The fraction of sp³-hybridized carbons (Fsp3) is 0.729. The number of nitrogens with zero attached hydrogens (tertiary/aromatic N) is 7. The first-order valence-electron chi connectivity index (χ1n) is 41.2. The number of amides is 5. The number of rotatable bonds is 17. The zero-order valence-electron chi connectivity index (χ0n) is 93.5. The molecule has 3 aromatic rings. The molecule has 0 N–H and O–H groups in total. The van der Waals surface area contributed by atoms with Gasteiger partial charge in [0.2, 0.25) is 0 Å². The monoisotopic (exact) mass is 2250 g/mol. The smallest absolute Gasteiger partial charge is 1.00 e. The van der Waals surface area contributed by atoms with Crippen molar-refractivity contribution < 1.29 is 263 Å². The van der Waals surface area contributed by atoms with Crippen molar-refractivity contribution in [1.82, 2.24) is 9.97 Å². The van der Waals surface area contributed by atoms with Crippen molar-refractivity contribution in [2.75, 3.05) is 37.4 Å². The molecule has 3 rings (SSSR count). The molecule has 2 heterocycles. The van der Waals surface area contributed by atoms with Gasteiger partial charge in [-0.15, -0.1) is 23.5 Å². The Morgan fingerprint density at radius 1 is 0.346 bits per heavy atom. The number of halogens is 7. The summed E-state index contributed by atoms with van der Waals surface area (Å²) in [6, 6.07) is 16.7. The van der Waals surface area contributed by atoms with Gasteiger partial charge in [-0.3, -0.25) is 4.98 Å². The summed E-state index contributed by atoms with van der Waals surface area (Å²) < 4.78 is 0. The number of carbonyl (C=O) groups is 5. The summed E-state index contributed by atoms with van der Waals surface area (Å²) in [5.74, 6) is 0.123. The summed E-state index contributed by atoms with van der Waals surface area (Å²) in [5, 5.41) is 23.6. The van der Waals surface area contributed by atoms with E-state index in [4.69, 9.17) is 23.2 Å². The normalized spacial score (nSPS) is 10.4. The van der Waals surface area contributed by atoms with Crippen molar-refractivity contribution in [3.8, 4) is 0 Å². The molecule has 130 heavy (non-hydrogen) atoms. The van der Waals surface area contributed by atoms with Gasteiger partial charge in [-0.25, -0.2) is 4.98 Å². The van der Waals surface area contributed by atoms with Crippen molar-refractivity contribution in [3.05, 3.63) is 147 Å². The number of carbonyl (C=O) groups excluding carboxylic acids is 5. The van der Waals surface area contributed by atoms with Crippen LogP contribution in [0.5, 0.6) is 0 Å². The second-order valence-electron chi connectivity index (χ2n) is 39.9. The van der Waals surface area contributed by atoms with Gasteiger partial charge in [-0.05, 0) is 226 Å². The van der Waals surface area contributed by atoms with Crippen molar-refractivity contribution >= 4 is 104 Å². The van der Waals surface area contributed by atoms with Crippen molar-refractivity contribution in [2.45, 2.75) is 420 Å². The summed E-state index contributed by atoms with van der Waals surface area (Å²) in [6.07, 6.45) is 14.7. The van der Waals surface area contributed by atoms with Gasteiger partial charge in [0.05, 0.1) is 112 Å². The third kappa shape index (κ3) is 119. The maximum atomic E-state index is 12.4. The standard InChI is InChI=1S/C18H30NOP.C15H23Cl2N2OP.C15H25N2OP.2C14H30NOP.5C3H8.5CH3.5ClH.5Li.5Ni/c1-14(15-11-9-8-10-12-15)19-16(20)13-21(17(2,3)4)18(5,6)7;1-14(2,3)21(15(4,5)6)9-13(20)18-10-7-11(16)19-12(17)8-10;1-14(2,3)19(15(4,5)6)11-13(18)17-12-8-7-9-16-10-12;1-12(2,3)15-11(16)10-17(13(4,5)6)14(7,8)9;1-8-9-10-15-12(16)11-17(13(2,3)4)14(5,6)7;5*1-3-2;;;;;;;;;;;;;;;;;;;;/h8-12,14H,13H2,1-7H3,(H,19,20);7-8H,9H2,1-6H3,(H,18,19,20);7-10H,11H2,1-6H3,(H,17,18);10H2,1-9H3,(H,15,16);8-11H2,1-7H3,(H,15,16);5*3H2,1-2H3;5*1H3;5*1H;;;;;;;;;;/q;;;;;;;;;;5*-1;;;;;;5*+1;5*+2/p-5. The minimum absolute atomic E-state index is 0. The number of hydrogen-bond acceptors (Lipinski definition) is 7. The molecule has 0 aliphatic carbocycles. The van der Waals surface area contributed by atoms with E-state index in [0.29, 0.717) is 48.7 Å². The van der Waals surface area contributed by atoms with Crippen LogP contribution in [0.4, 0.5) is 11.4 Å². The average Bonchev–Trinajstić information content (AvgIpc) is 0.843. The molecule has 0 aliphatic heterocycles. The number of hydrogen-bond donors (Lipinski definition) is 0. The van der Waals surface area contributed by atoms with Crippen LogP contribution in [0.3, 0.4) is 0 Å². The van der Waals surface area contributed by atoms with Gasteiger partial charge in [-0.2, -0.15) is 0 Å². The van der Waals surface area contributed by atoms with E-state index in [-0.39, 0.29) is 379 Å². The molecule has 766 valence electrons. The van der Waals surface area contributed by atoms with E-state index in [2.05, 4.69) is 320 Å². The van der Waals surface area contributed by atoms with E-state index in [9.17, 15) is 24.0 Å². The van der Waals surface area contributed by atoms with Crippen molar-refractivity contribution in [1.29, 1.82) is 0 Å². The zero-order valence-corrected chi connectivity index (χ0v) is 109. The fourth-order valence-corrected chi connectivity index (χ4v) is 31.2. The van der Waals surface area contributed by atoms with Crippen LogP contribution in [0.2, 0.25) is 10.3 Å². The second kappa shape index (κ2) is 105. The summed E-state index contributed by atoms with van der Waals surface area (Å²) in [4.78, 5) is 68.6. The maximum Gasteiger partial charge on any atom is 2.00 e. The van der Waals surface area contributed by atoms with Crippen molar-refractivity contribution in [2.24, 2.45) is 0 Å². The molecule has 0 saturated carbocycles. The molecule has 1 unspecified atom stereocenters. The number of pyridine rings is 2. The zero-order chi connectivity index (χ0) is 88.7. The molecule has 0 radical (unpaired) electrons. The van der Waals surface area contributed by atoms with Crippen LogP contribution in [-0.2, 0) is 106 Å². The van der Waals surface area contributed by atoms with Crippen LogP contribution in [0.25, 0.3) is 26.6 Å². The van der Waals surface area contributed by atoms with Crippen LogP contribution in [0, 0.1) is 37.1 Å². The molecule has 12 nitrogen and oxygen atoms in total. The quantitative estimate of drug-likeness (QED) is 0.0645. The number of unbranched alkanes of at least 4 members (excludes halogenated alkanes) is 1. The van der Waals surface area contributed by atoms with Crippen LogP contribution in [0.1, 0.15) is 368 Å². The Kier molecular flexibility index (Phi) is 167. The Labute approximate surface area is 968 Å². The van der Waals surface area contributed by atoms with Gasteiger partial charge < -0.3 is 150 Å². The largest absolute Gasteiger partial charge is 2.00 e. The van der Waals surface area contributed by atoms with Gasteiger partial charge in [-0.1, -0.05) is 220 Å². The molecule has 34 heteroatoms. The van der Waals surface area contributed by atoms with Gasteiger partial charge in [0.1, 0.15) is 10.3 Å². The minimum Gasteiger partial charge on any atom is -1.00 e. The predicted octanol–water partition coefficient (Wildman–Crippen LogP) is 3.97. The molecular weight excluding hydrogens is 2060 g/mol. The SMILES string of the molecule is CC(C)(C)[N-]C(=O)C[PH+](C(C)(C)C)C(C)(C)C.CC(C)(C)[PH+](CC(=O)[N-]c1cc(Cl)nc(Cl)c1)C(C)(C)C.CC(C)(C)[PH+](CC(=O)[N-]c1cccnc1)C(C)(C)C.CC([N-]C(=O)C[PH+](C(C)(C)C)C(C)(C)C)c1ccccc1.CCC.CCC.CCC.CCC.CCC.CCCC[N-]C(=O)C[PH+](C(C)(C)C)C(C)(C)C.[CH3-].[CH3-].[CH3-].[CH3-].[CH3-].[Cl-].[Cl-].[Cl-].[Cl-].[Cl-].[Li+].[Li+].[Li+].[Li+].[Li+].[Ni+2].[Ni+2].[Ni+2].[Ni+2].[Ni+2]. The van der Waals surface area contributed by atoms with Crippen LogP contribution in [0.15, 0.2) is 67.0 Å². The van der Waals surface area contributed by atoms with E-state index in [1.807, 2.05) is 64.1 Å². The maximum absolute atomic E-state index is 12.4.